The maximum absolute atomic E-state index is 14.5. The van der Waals surface area contributed by atoms with Crippen molar-refractivity contribution in [1.82, 2.24) is 9.80 Å². The van der Waals surface area contributed by atoms with Gasteiger partial charge in [-0.25, -0.2) is 8.78 Å². The Morgan fingerprint density at radius 1 is 1.00 bits per heavy atom. The average Bonchev–Trinajstić information content (AvgIpc) is 3.36. The standard InChI is InChI=1S/C29H36F2N2O2/c1-20-18-32(13-14-33(20)29(35)23-8-3-4-9-23)19-25-16-26(30)15-24(21(25)2)17-27(34)12-11-22-7-5-6-10-28(22)31/h5-7,10,15-16,20,23H,3-4,8-9,11-14,17-19H2,1-2H3/t20-/m0/s1. The summed E-state index contributed by atoms with van der Waals surface area (Å²) in [6, 6.07) is 9.61. The van der Waals surface area contributed by atoms with Crippen LogP contribution in [0.3, 0.4) is 0 Å². The monoisotopic (exact) mass is 482 g/mol. The van der Waals surface area contributed by atoms with E-state index in [0.29, 0.717) is 36.5 Å². The Kier molecular flexibility index (Phi) is 8.32. The molecule has 6 heteroatoms. The van der Waals surface area contributed by atoms with E-state index in [1.807, 2.05) is 11.8 Å². The zero-order valence-electron chi connectivity index (χ0n) is 20.9. The van der Waals surface area contributed by atoms with Crippen molar-refractivity contribution in [3.05, 3.63) is 70.3 Å². The van der Waals surface area contributed by atoms with Crippen LogP contribution in [0.25, 0.3) is 0 Å². The summed E-state index contributed by atoms with van der Waals surface area (Å²) in [5, 5.41) is 0. The average molecular weight is 483 g/mol. The number of carbonyl (C=O) groups is 2. The van der Waals surface area contributed by atoms with Gasteiger partial charge in [0.25, 0.3) is 0 Å². The molecular formula is C29H36F2N2O2. The van der Waals surface area contributed by atoms with Crippen LogP contribution < -0.4 is 0 Å². The van der Waals surface area contributed by atoms with E-state index in [2.05, 4.69) is 11.8 Å². The Hall–Kier alpha value is -2.60. The number of Topliss-reactive ketones (excluding diaryl/α,β-unsaturated/α-hetero) is 1. The van der Waals surface area contributed by atoms with E-state index in [0.717, 1.165) is 49.9 Å². The summed E-state index contributed by atoms with van der Waals surface area (Å²) >= 11 is 0. The third kappa shape index (κ3) is 6.35. The van der Waals surface area contributed by atoms with Crippen molar-refractivity contribution in [2.75, 3.05) is 19.6 Å². The van der Waals surface area contributed by atoms with E-state index < -0.39 is 0 Å². The summed E-state index contributed by atoms with van der Waals surface area (Å²) in [6.07, 6.45) is 5.03. The Labute approximate surface area is 207 Å². The quantitative estimate of drug-likeness (QED) is 0.517. The molecule has 1 atom stereocenters. The molecular weight excluding hydrogens is 446 g/mol. The van der Waals surface area contributed by atoms with Crippen LogP contribution in [0.5, 0.6) is 0 Å². The summed E-state index contributed by atoms with van der Waals surface area (Å²) in [4.78, 5) is 29.8. The number of halogens is 2. The molecule has 1 aliphatic heterocycles. The number of aryl methyl sites for hydroxylation is 1. The molecule has 0 spiro atoms. The van der Waals surface area contributed by atoms with Gasteiger partial charge in [-0.2, -0.15) is 0 Å². The van der Waals surface area contributed by atoms with Crippen LogP contribution in [0, 0.1) is 24.5 Å². The summed E-state index contributed by atoms with van der Waals surface area (Å²) in [6.45, 7) is 6.84. The molecule has 0 bridgehead atoms. The maximum Gasteiger partial charge on any atom is 0.226 e. The molecule has 188 valence electrons. The highest BCUT2D eigenvalue weighted by molar-refractivity contribution is 5.81. The summed E-state index contributed by atoms with van der Waals surface area (Å²) in [5.41, 5.74) is 3.03. The second-order valence-corrected chi connectivity index (χ2v) is 10.3. The van der Waals surface area contributed by atoms with Gasteiger partial charge in [-0.05, 0) is 73.6 Å². The third-order valence-corrected chi connectivity index (χ3v) is 7.70. The van der Waals surface area contributed by atoms with Crippen molar-refractivity contribution in [2.45, 2.75) is 71.4 Å². The lowest BCUT2D eigenvalue weighted by Crippen LogP contribution is -2.54. The molecule has 2 aromatic carbocycles. The fraction of sp³-hybridized carbons (Fsp3) is 0.517. The zero-order valence-corrected chi connectivity index (χ0v) is 20.9. The van der Waals surface area contributed by atoms with E-state index in [9.17, 15) is 18.4 Å². The van der Waals surface area contributed by atoms with Crippen LogP contribution in [0.2, 0.25) is 0 Å². The Balaban J connectivity index is 1.36. The number of piperazine rings is 1. The second kappa shape index (κ2) is 11.4. The molecule has 0 unspecified atom stereocenters. The zero-order chi connectivity index (χ0) is 24.9. The molecule has 1 amide bonds. The molecule has 1 saturated carbocycles. The van der Waals surface area contributed by atoms with E-state index in [-0.39, 0.29) is 42.2 Å². The number of amides is 1. The fourth-order valence-corrected chi connectivity index (χ4v) is 5.57. The van der Waals surface area contributed by atoms with Crippen LogP contribution >= 0.6 is 0 Å². The first-order valence-corrected chi connectivity index (χ1v) is 12.9. The summed E-state index contributed by atoms with van der Waals surface area (Å²) in [7, 11) is 0. The molecule has 1 saturated heterocycles. The van der Waals surface area contributed by atoms with Gasteiger partial charge >= 0.3 is 0 Å². The van der Waals surface area contributed by atoms with Gasteiger partial charge in [0.15, 0.2) is 0 Å². The number of rotatable bonds is 8. The van der Waals surface area contributed by atoms with Gasteiger partial charge in [0.1, 0.15) is 17.4 Å². The molecule has 1 aliphatic carbocycles. The molecule has 4 nitrogen and oxygen atoms in total. The van der Waals surface area contributed by atoms with Crippen LogP contribution in [0.15, 0.2) is 36.4 Å². The van der Waals surface area contributed by atoms with Gasteiger partial charge in [-0.1, -0.05) is 31.0 Å². The van der Waals surface area contributed by atoms with E-state index in [1.165, 1.54) is 12.1 Å². The first-order chi connectivity index (χ1) is 16.8. The molecule has 2 aromatic rings. The number of nitrogens with zero attached hydrogens (tertiary/aromatic N) is 2. The maximum atomic E-state index is 14.5. The van der Waals surface area contributed by atoms with Crippen LogP contribution in [0.4, 0.5) is 8.78 Å². The first-order valence-electron chi connectivity index (χ1n) is 12.9. The van der Waals surface area contributed by atoms with Gasteiger partial charge in [-0.15, -0.1) is 0 Å². The smallest absolute Gasteiger partial charge is 0.226 e. The molecule has 0 N–H and O–H groups in total. The fourth-order valence-electron chi connectivity index (χ4n) is 5.57. The van der Waals surface area contributed by atoms with Gasteiger partial charge in [-0.3, -0.25) is 14.5 Å². The van der Waals surface area contributed by atoms with Crippen molar-refractivity contribution in [3.8, 4) is 0 Å². The predicted molar refractivity (Wildman–Crippen MR) is 133 cm³/mol. The minimum Gasteiger partial charge on any atom is -0.337 e. The van der Waals surface area contributed by atoms with Gasteiger partial charge in [0.2, 0.25) is 5.91 Å². The van der Waals surface area contributed by atoms with Crippen molar-refractivity contribution < 1.29 is 18.4 Å². The van der Waals surface area contributed by atoms with Gasteiger partial charge in [0, 0.05) is 51.0 Å². The van der Waals surface area contributed by atoms with Gasteiger partial charge < -0.3 is 4.90 Å². The second-order valence-electron chi connectivity index (χ2n) is 10.3. The highest BCUT2D eigenvalue weighted by Gasteiger charge is 2.33. The largest absolute Gasteiger partial charge is 0.337 e. The highest BCUT2D eigenvalue weighted by Crippen LogP contribution is 2.28. The highest BCUT2D eigenvalue weighted by atomic mass is 19.1. The Bertz CT molecular complexity index is 1060. The van der Waals surface area contributed by atoms with Crippen LogP contribution in [-0.4, -0.2) is 47.2 Å². The minimum atomic E-state index is -0.342. The topological polar surface area (TPSA) is 40.6 Å². The first kappa shape index (κ1) is 25.5. The molecule has 1 heterocycles. The Morgan fingerprint density at radius 2 is 1.71 bits per heavy atom. The SMILES string of the molecule is Cc1c(CC(=O)CCc2ccccc2F)cc(F)cc1CN1CCN(C(=O)C2CCCC2)[C@@H](C)C1. The molecule has 4 rings (SSSR count). The molecule has 0 radical (unpaired) electrons. The normalized spacial score (nSPS) is 19.3. The number of benzene rings is 2. The lowest BCUT2D eigenvalue weighted by atomic mass is 9.95. The molecule has 0 aromatic heterocycles. The number of hydrogen-bond donors (Lipinski definition) is 0. The van der Waals surface area contributed by atoms with Crippen molar-refractivity contribution in [2.24, 2.45) is 5.92 Å². The van der Waals surface area contributed by atoms with Gasteiger partial charge in [0.05, 0.1) is 0 Å². The predicted octanol–water partition coefficient (Wildman–Crippen LogP) is 5.24. The van der Waals surface area contributed by atoms with Crippen molar-refractivity contribution >= 4 is 11.7 Å². The molecule has 2 fully saturated rings. The lowest BCUT2D eigenvalue weighted by molar-refractivity contribution is -0.140. The minimum absolute atomic E-state index is 0.0273. The van der Waals surface area contributed by atoms with E-state index >= 15 is 0 Å². The third-order valence-electron chi connectivity index (χ3n) is 7.70. The Morgan fingerprint density at radius 3 is 2.43 bits per heavy atom. The summed E-state index contributed by atoms with van der Waals surface area (Å²) < 4.78 is 28.3. The lowest BCUT2D eigenvalue weighted by Gasteiger charge is -2.41. The molecule has 2 aliphatic rings. The molecule has 35 heavy (non-hydrogen) atoms. The van der Waals surface area contributed by atoms with Crippen molar-refractivity contribution in [1.29, 1.82) is 0 Å². The van der Waals surface area contributed by atoms with Crippen LogP contribution in [0.1, 0.15) is 61.3 Å². The van der Waals surface area contributed by atoms with Crippen molar-refractivity contribution in [3.63, 3.8) is 0 Å². The summed E-state index contributed by atoms with van der Waals surface area (Å²) in [5.74, 6) is -0.185. The van der Waals surface area contributed by atoms with E-state index in [1.54, 1.807) is 24.3 Å². The number of carbonyl (C=O) groups excluding carboxylic acids is 2. The number of ketones is 1. The number of hydrogen-bond acceptors (Lipinski definition) is 3. The van der Waals surface area contributed by atoms with E-state index in [4.69, 9.17) is 0 Å². The van der Waals surface area contributed by atoms with Crippen LogP contribution in [-0.2, 0) is 29.0 Å².